The van der Waals surface area contributed by atoms with E-state index in [-0.39, 0.29) is 5.91 Å². The Hall–Kier alpha value is -1.98. The number of carbonyl (C=O) groups is 1. The molecule has 1 saturated heterocycles. The molecule has 0 aliphatic carbocycles. The number of nitrogens with two attached hydrogens (primary N) is 1. The summed E-state index contributed by atoms with van der Waals surface area (Å²) in [4.78, 5) is 21.3. The molecule has 0 atom stereocenters. The summed E-state index contributed by atoms with van der Waals surface area (Å²) < 4.78 is 0. The quantitative estimate of drug-likeness (QED) is 0.911. The lowest BCUT2D eigenvalue weighted by Crippen LogP contribution is -2.49. The molecule has 1 aliphatic heterocycles. The van der Waals surface area contributed by atoms with Crippen LogP contribution in [0.4, 0.5) is 0 Å². The van der Waals surface area contributed by atoms with E-state index in [1.165, 1.54) is 0 Å². The largest absolute Gasteiger partial charge is 0.336 e. The fourth-order valence-electron chi connectivity index (χ4n) is 2.81. The van der Waals surface area contributed by atoms with Crippen LogP contribution in [0.3, 0.4) is 0 Å². The molecular formula is C16H20N4O. The van der Waals surface area contributed by atoms with Crippen LogP contribution >= 0.6 is 0 Å². The second-order valence-electron chi connectivity index (χ2n) is 5.30. The first kappa shape index (κ1) is 14.0. The molecular weight excluding hydrogens is 264 g/mol. The predicted molar refractivity (Wildman–Crippen MR) is 83.1 cm³/mol. The highest BCUT2D eigenvalue weighted by atomic mass is 16.2. The molecule has 5 nitrogen and oxygen atoms in total. The molecule has 3 rings (SSSR count). The predicted octanol–water partition coefficient (Wildman–Crippen LogP) is 0.951. The number of piperazine rings is 1. The lowest BCUT2D eigenvalue weighted by atomic mass is 10.1. The Kier molecular flexibility index (Phi) is 4.13. The summed E-state index contributed by atoms with van der Waals surface area (Å²) in [5.74, 6) is 0.0981. The van der Waals surface area contributed by atoms with Crippen molar-refractivity contribution < 1.29 is 4.79 Å². The van der Waals surface area contributed by atoms with Gasteiger partial charge >= 0.3 is 0 Å². The van der Waals surface area contributed by atoms with Gasteiger partial charge in [-0.3, -0.25) is 14.7 Å². The van der Waals surface area contributed by atoms with Gasteiger partial charge in [0.1, 0.15) is 0 Å². The van der Waals surface area contributed by atoms with Gasteiger partial charge < -0.3 is 10.6 Å². The van der Waals surface area contributed by atoms with Gasteiger partial charge in [0, 0.05) is 50.9 Å². The number of benzene rings is 1. The number of para-hydroxylation sites is 1. The minimum Gasteiger partial charge on any atom is -0.336 e. The van der Waals surface area contributed by atoms with Crippen LogP contribution in [0.5, 0.6) is 0 Å². The summed E-state index contributed by atoms with van der Waals surface area (Å²) in [6, 6.07) is 9.59. The van der Waals surface area contributed by atoms with Crippen molar-refractivity contribution in [3.63, 3.8) is 0 Å². The number of aromatic nitrogens is 1. The highest BCUT2D eigenvalue weighted by Crippen LogP contribution is 2.18. The molecule has 1 aromatic carbocycles. The number of carbonyl (C=O) groups excluding carboxylic acids is 1. The van der Waals surface area contributed by atoms with Crippen LogP contribution in [0.15, 0.2) is 36.5 Å². The molecule has 110 valence electrons. The topological polar surface area (TPSA) is 62.5 Å². The lowest BCUT2D eigenvalue weighted by Gasteiger charge is -2.34. The number of nitrogens with zero attached hydrogens (tertiary/aromatic N) is 3. The Morgan fingerprint density at radius 3 is 2.67 bits per heavy atom. The van der Waals surface area contributed by atoms with Crippen LogP contribution in [0.1, 0.15) is 10.4 Å². The maximum absolute atomic E-state index is 12.7. The SMILES string of the molecule is NCCN1CCN(C(=O)c2ccnc3ccccc23)CC1. The maximum atomic E-state index is 12.7. The van der Waals surface area contributed by atoms with E-state index in [0.717, 1.165) is 49.2 Å². The second kappa shape index (κ2) is 6.20. The van der Waals surface area contributed by atoms with Crippen molar-refractivity contribution in [3.05, 3.63) is 42.1 Å². The first-order valence-corrected chi connectivity index (χ1v) is 7.35. The molecule has 2 heterocycles. The van der Waals surface area contributed by atoms with Crippen molar-refractivity contribution in [1.82, 2.24) is 14.8 Å². The average Bonchev–Trinajstić information content (AvgIpc) is 2.55. The molecule has 1 fully saturated rings. The maximum Gasteiger partial charge on any atom is 0.254 e. The summed E-state index contributed by atoms with van der Waals surface area (Å²) in [6.45, 7) is 4.88. The van der Waals surface area contributed by atoms with Gasteiger partial charge in [-0.1, -0.05) is 18.2 Å². The van der Waals surface area contributed by atoms with E-state index in [2.05, 4.69) is 9.88 Å². The van der Waals surface area contributed by atoms with Gasteiger partial charge in [-0.2, -0.15) is 0 Å². The molecule has 5 heteroatoms. The number of fused-ring (bicyclic) bond motifs is 1. The first-order chi connectivity index (χ1) is 10.3. The molecule has 0 bridgehead atoms. The van der Waals surface area contributed by atoms with Crippen molar-refractivity contribution in [3.8, 4) is 0 Å². The van der Waals surface area contributed by atoms with Crippen molar-refractivity contribution in [2.75, 3.05) is 39.3 Å². The van der Waals surface area contributed by atoms with Gasteiger partial charge in [0.2, 0.25) is 0 Å². The molecule has 2 N–H and O–H groups in total. The van der Waals surface area contributed by atoms with Crippen molar-refractivity contribution in [2.24, 2.45) is 5.73 Å². The van der Waals surface area contributed by atoms with Gasteiger partial charge in [-0.15, -0.1) is 0 Å². The second-order valence-corrected chi connectivity index (χ2v) is 5.30. The summed E-state index contributed by atoms with van der Waals surface area (Å²) in [6.07, 6.45) is 1.71. The molecule has 21 heavy (non-hydrogen) atoms. The van der Waals surface area contributed by atoms with Gasteiger partial charge in [0.15, 0.2) is 0 Å². The third-order valence-electron chi connectivity index (χ3n) is 3.98. The molecule has 1 aliphatic rings. The molecule has 0 spiro atoms. The van der Waals surface area contributed by atoms with E-state index in [1.807, 2.05) is 35.2 Å². The van der Waals surface area contributed by atoms with Crippen LogP contribution in [-0.4, -0.2) is 60.0 Å². The zero-order chi connectivity index (χ0) is 14.7. The third-order valence-corrected chi connectivity index (χ3v) is 3.98. The smallest absolute Gasteiger partial charge is 0.254 e. The van der Waals surface area contributed by atoms with Gasteiger partial charge in [0.05, 0.1) is 11.1 Å². The number of hydrogen-bond acceptors (Lipinski definition) is 4. The Labute approximate surface area is 124 Å². The summed E-state index contributed by atoms with van der Waals surface area (Å²) >= 11 is 0. The van der Waals surface area contributed by atoms with Gasteiger partial charge in [0.25, 0.3) is 5.91 Å². The Bertz CT molecular complexity index is 630. The Balaban J connectivity index is 1.79. The van der Waals surface area contributed by atoms with Crippen molar-refractivity contribution in [2.45, 2.75) is 0 Å². The molecule has 1 amide bonds. The molecule has 2 aromatic rings. The summed E-state index contributed by atoms with van der Waals surface area (Å²) in [5, 5.41) is 0.925. The standard InChI is InChI=1S/C16H20N4O/c17-6-8-19-9-11-20(12-10-19)16(21)14-5-7-18-15-4-2-1-3-13(14)15/h1-5,7H,6,8-12,17H2. The number of rotatable bonds is 3. The van der Waals surface area contributed by atoms with Crippen LogP contribution in [0, 0.1) is 0 Å². The zero-order valence-electron chi connectivity index (χ0n) is 12.0. The van der Waals surface area contributed by atoms with E-state index in [4.69, 9.17) is 5.73 Å². The van der Waals surface area contributed by atoms with E-state index in [1.54, 1.807) is 6.20 Å². The number of amides is 1. The zero-order valence-corrected chi connectivity index (χ0v) is 12.0. The fourth-order valence-corrected chi connectivity index (χ4v) is 2.81. The highest BCUT2D eigenvalue weighted by Gasteiger charge is 2.22. The lowest BCUT2D eigenvalue weighted by molar-refractivity contribution is 0.0643. The highest BCUT2D eigenvalue weighted by molar-refractivity contribution is 6.05. The van der Waals surface area contributed by atoms with Crippen LogP contribution in [0.25, 0.3) is 10.9 Å². The van der Waals surface area contributed by atoms with Gasteiger partial charge in [-0.05, 0) is 12.1 Å². The first-order valence-electron chi connectivity index (χ1n) is 7.35. The minimum absolute atomic E-state index is 0.0981. The van der Waals surface area contributed by atoms with Crippen molar-refractivity contribution in [1.29, 1.82) is 0 Å². The summed E-state index contributed by atoms with van der Waals surface area (Å²) in [7, 11) is 0. The molecule has 0 unspecified atom stereocenters. The Morgan fingerprint density at radius 1 is 1.14 bits per heavy atom. The molecule has 0 saturated carbocycles. The van der Waals surface area contributed by atoms with E-state index >= 15 is 0 Å². The number of pyridine rings is 1. The summed E-state index contributed by atoms with van der Waals surface area (Å²) in [5.41, 5.74) is 7.19. The van der Waals surface area contributed by atoms with Crippen LogP contribution in [-0.2, 0) is 0 Å². The molecule has 1 aromatic heterocycles. The fraction of sp³-hybridized carbons (Fsp3) is 0.375. The molecule has 0 radical (unpaired) electrons. The average molecular weight is 284 g/mol. The monoisotopic (exact) mass is 284 g/mol. The van der Waals surface area contributed by atoms with Crippen LogP contribution < -0.4 is 5.73 Å². The van der Waals surface area contributed by atoms with E-state index in [9.17, 15) is 4.79 Å². The van der Waals surface area contributed by atoms with E-state index in [0.29, 0.717) is 6.54 Å². The van der Waals surface area contributed by atoms with Crippen LogP contribution in [0.2, 0.25) is 0 Å². The minimum atomic E-state index is 0.0981. The van der Waals surface area contributed by atoms with Gasteiger partial charge in [-0.25, -0.2) is 0 Å². The van der Waals surface area contributed by atoms with Crippen molar-refractivity contribution >= 4 is 16.8 Å². The normalized spacial score (nSPS) is 16.3. The third kappa shape index (κ3) is 2.89. The van der Waals surface area contributed by atoms with E-state index < -0.39 is 0 Å². The number of hydrogen-bond donors (Lipinski definition) is 1. The Morgan fingerprint density at radius 2 is 1.90 bits per heavy atom.